The predicted octanol–water partition coefficient (Wildman–Crippen LogP) is 6.76. The number of aliphatic hydroxyl groups is 1. The molecule has 14 heteroatoms. The number of aldehydes is 1. The van der Waals surface area contributed by atoms with Gasteiger partial charge in [0.15, 0.2) is 17.9 Å². The van der Waals surface area contributed by atoms with Crippen molar-refractivity contribution in [1.29, 1.82) is 0 Å². The van der Waals surface area contributed by atoms with E-state index >= 15 is 0 Å². The van der Waals surface area contributed by atoms with Gasteiger partial charge in [0.1, 0.15) is 17.0 Å². The normalized spacial score (nSPS) is 14.3. The standard InChI is InChI=1S/C35H30ClF2N7O4/c1-35(47)17-44(18-35)15-19-10-26-31(39-13-19)33(43-34(42-26)32(37)38)41-25-8-4-7-22(30(25)36)21-6-5-9-27-23(21)14-40-45(27)20-11-28(48-2)24(16-46)29(12-20)49-3/h4-14,16,32,47H,15,17-18H2,1-3H3,(H,41,42,43). The van der Waals surface area contributed by atoms with Gasteiger partial charge in [0.05, 0.1) is 59.0 Å². The van der Waals surface area contributed by atoms with Crippen molar-refractivity contribution in [3.05, 3.63) is 89.0 Å². The van der Waals surface area contributed by atoms with Crippen molar-refractivity contribution in [3.8, 4) is 28.3 Å². The number of nitrogens with zero attached hydrogens (tertiary/aromatic N) is 6. The lowest BCUT2D eigenvalue weighted by Gasteiger charge is -2.44. The van der Waals surface area contributed by atoms with Crippen LogP contribution in [0.2, 0.25) is 5.02 Å². The van der Waals surface area contributed by atoms with Gasteiger partial charge in [-0.1, -0.05) is 35.9 Å². The van der Waals surface area contributed by atoms with Crippen LogP contribution in [0, 0.1) is 0 Å². The zero-order valence-electron chi connectivity index (χ0n) is 26.6. The number of alkyl halides is 2. The summed E-state index contributed by atoms with van der Waals surface area (Å²) in [7, 11) is 2.95. The highest BCUT2D eigenvalue weighted by atomic mass is 35.5. The van der Waals surface area contributed by atoms with Crippen LogP contribution in [-0.4, -0.2) is 73.9 Å². The van der Waals surface area contributed by atoms with Crippen LogP contribution in [0.4, 0.5) is 20.3 Å². The van der Waals surface area contributed by atoms with Crippen LogP contribution in [0.3, 0.4) is 0 Å². The van der Waals surface area contributed by atoms with Gasteiger partial charge in [-0.25, -0.2) is 23.4 Å². The predicted molar refractivity (Wildman–Crippen MR) is 181 cm³/mol. The number of nitrogens with one attached hydrogen (secondary N) is 1. The second-order valence-electron chi connectivity index (χ2n) is 12.1. The number of β-amino-alcohol motifs (C(OH)–C–C–N with tert-alkyl or cyclic N) is 1. The third-order valence-corrected chi connectivity index (χ3v) is 8.79. The molecule has 7 rings (SSSR count). The zero-order valence-corrected chi connectivity index (χ0v) is 27.4. The molecule has 3 aromatic carbocycles. The first kappa shape index (κ1) is 32.3. The summed E-state index contributed by atoms with van der Waals surface area (Å²) in [6.45, 7) is 3.27. The van der Waals surface area contributed by atoms with Crippen LogP contribution in [-0.2, 0) is 6.54 Å². The monoisotopic (exact) mass is 685 g/mol. The quantitative estimate of drug-likeness (QED) is 0.149. The average molecular weight is 686 g/mol. The molecule has 1 saturated heterocycles. The summed E-state index contributed by atoms with van der Waals surface area (Å²) in [5.74, 6) is 0.133. The molecule has 0 bridgehead atoms. The fourth-order valence-corrected chi connectivity index (χ4v) is 6.53. The molecule has 49 heavy (non-hydrogen) atoms. The van der Waals surface area contributed by atoms with Crippen LogP contribution in [0.1, 0.15) is 35.1 Å². The molecule has 0 amide bonds. The van der Waals surface area contributed by atoms with E-state index in [0.29, 0.717) is 64.9 Å². The van der Waals surface area contributed by atoms with Gasteiger partial charge in [-0.3, -0.25) is 14.7 Å². The van der Waals surface area contributed by atoms with E-state index in [1.165, 1.54) is 14.2 Å². The number of fused-ring (bicyclic) bond motifs is 2. The average Bonchev–Trinajstić information content (AvgIpc) is 3.52. The summed E-state index contributed by atoms with van der Waals surface area (Å²) < 4.78 is 40.5. The van der Waals surface area contributed by atoms with Gasteiger partial charge in [-0.2, -0.15) is 5.10 Å². The summed E-state index contributed by atoms with van der Waals surface area (Å²) >= 11 is 7.02. The number of carbonyl (C=O) groups excluding carboxylic acids is 1. The number of benzene rings is 3. The highest BCUT2D eigenvalue weighted by molar-refractivity contribution is 6.36. The molecule has 1 aliphatic rings. The maximum absolute atomic E-state index is 14.0. The second-order valence-corrected chi connectivity index (χ2v) is 12.4. The SMILES string of the molecule is COc1cc(-n2ncc3c(-c4cccc(Nc5nc(C(F)F)nc6cc(CN7CC(C)(O)C7)cnc56)c4Cl)cccc32)cc(OC)c1C=O. The summed E-state index contributed by atoms with van der Waals surface area (Å²) in [6, 6.07) is 16.2. The van der Waals surface area contributed by atoms with E-state index in [2.05, 4.69) is 25.4 Å². The third-order valence-electron chi connectivity index (χ3n) is 8.39. The molecule has 0 saturated carbocycles. The first-order valence-electron chi connectivity index (χ1n) is 15.2. The zero-order chi connectivity index (χ0) is 34.4. The summed E-state index contributed by atoms with van der Waals surface area (Å²) in [6.07, 6.45) is 1.13. The molecule has 1 fully saturated rings. The Morgan fingerprint density at radius 1 is 1.04 bits per heavy atom. The lowest BCUT2D eigenvalue weighted by molar-refractivity contribution is -0.0871. The fourth-order valence-electron chi connectivity index (χ4n) is 6.26. The van der Waals surface area contributed by atoms with E-state index in [1.54, 1.807) is 54.3 Å². The van der Waals surface area contributed by atoms with Crippen molar-refractivity contribution in [2.45, 2.75) is 25.5 Å². The number of likely N-dealkylation sites (tertiary alicyclic amines) is 1. The van der Waals surface area contributed by atoms with Gasteiger partial charge in [-0.05, 0) is 36.2 Å². The lowest BCUT2D eigenvalue weighted by Crippen LogP contribution is -2.59. The van der Waals surface area contributed by atoms with Crippen molar-refractivity contribution >= 4 is 51.3 Å². The van der Waals surface area contributed by atoms with Gasteiger partial charge >= 0.3 is 0 Å². The van der Waals surface area contributed by atoms with E-state index in [-0.39, 0.29) is 16.9 Å². The number of rotatable bonds is 10. The number of hydrogen-bond donors (Lipinski definition) is 2. The molecule has 3 aromatic heterocycles. The molecule has 0 radical (unpaired) electrons. The van der Waals surface area contributed by atoms with Crippen molar-refractivity contribution < 1.29 is 28.2 Å². The molecule has 11 nitrogen and oxygen atoms in total. The molecular weight excluding hydrogens is 656 g/mol. The van der Waals surface area contributed by atoms with Gasteiger partial charge in [-0.15, -0.1) is 0 Å². The molecule has 2 N–H and O–H groups in total. The molecule has 250 valence electrons. The molecule has 0 atom stereocenters. The van der Waals surface area contributed by atoms with Crippen molar-refractivity contribution in [2.24, 2.45) is 0 Å². The number of aromatic nitrogens is 5. The van der Waals surface area contributed by atoms with Crippen LogP contribution >= 0.6 is 11.6 Å². The number of ether oxygens (including phenoxy) is 2. The Hall–Kier alpha value is -5.24. The molecule has 0 unspecified atom stereocenters. The van der Waals surface area contributed by atoms with Gasteiger partial charge in [0, 0.05) is 48.9 Å². The van der Waals surface area contributed by atoms with Crippen molar-refractivity contribution in [2.75, 3.05) is 32.6 Å². The van der Waals surface area contributed by atoms with E-state index in [1.807, 2.05) is 29.2 Å². The van der Waals surface area contributed by atoms with Crippen LogP contribution in [0.15, 0.2) is 67.0 Å². The lowest BCUT2D eigenvalue weighted by atomic mass is 9.96. The number of halogens is 3. The molecular formula is C35H30ClF2N7O4. The number of pyridine rings is 1. The largest absolute Gasteiger partial charge is 0.496 e. The number of anilines is 2. The Labute approximate surface area is 284 Å². The Bertz CT molecular complexity index is 2210. The van der Waals surface area contributed by atoms with E-state index in [9.17, 15) is 18.7 Å². The Morgan fingerprint density at radius 2 is 1.76 bits per heavy atom. The Morgan fingerprint density at radius 3 is 2.43 bits per heavy atom. The smallest absolute Gasteiger partial charge is 0.297 e. The Kier molecular flexibility index (Phi) is 8.35. The van der Waals surface area contributed by atoms with E-state index in [4.69, 9.17) is 21.1 Å². The number of hydrogen-bond acceptors (Lipinski definition) is 10. The summed E-state index contributed by atoms with van der Waals surface area (Å²) in [5.41, 5.74) is 4.12. The Balaban J connectivity index is 1.25. The molecule has 1 aliphatic heterocycles. The third kappa shape index (κ3) is 6.01. The minimum Gasteiger partial charge on any atom is -0.496 e. The molecule has 6 aromatic rings. The van der Waals surface area contributed by atoms with Gasteiger partial charge in [0.2, 0.25) is 0 Å². The molecule has 0 spiro atoms. The molecule has 4 heterocycles. The van der Waals surface area contributed by atoms with E-state index < -0.39 is 17.9 Å². The topological polar surface area (TPSA) is 128 Å². The maximum Gasteiger partial charge on any atom is 0.297 e. The van der Waals surface area contributed by atoms with Crippen LogP contribution < -0.4 is 14.8 Å². The van der Waals surface area contributed by atoms with Crippen molar-refractivity contribution in [1.82, 2.24) is 29.6 Å². The second kappa shape index (κ2) is 12.7. The highest BCUT2D eigenvalue weighted by Gasteiger charge is 2.36. The van der Waals surface area contributed by atoms with Crippen molar-refractivity contribution in [3.63, 3.8) is 0 Å². The first-order chi connectivity index (χ1) is 23.6. The fraction of sp³-hybridized carbons (Fsp3) is 0.229. The highest BCUT2D eigenvalue weighted by Crippen LogP contribution is 2.40. The maximum atomic E-state index is 14.0. The molecule has 0 aliphatic carbocycles. The van der Waals surface area contributed by atoms with Crippen LogP contribution in [0.5, 0.6) is 11.5 Å². The first-order valence-corrected chi connectivity index (χ1v) is 15.6. The van der Waals surface area contributed by atoms with Gasteiger partial charge < -0.3 is 19.9 Å². The van der Waals surface area contributed by atoms with E-state index in [0.717, 1.165) is 22.0 Å². The summed E-state index contributed by atoms with van der Waals surface area (Å²) in [5, 5.41) is 18.9. The number of methoxy groups -OCH3 is 2. The van der Waals surface area contributed by atoms with Crippen LogP contribution in [0.25, 0.3) is 38.8 Å². The number of carbonyl (C=O) groups is 1. The van der Waals surface area contributed by atoms with Gasteiger partial charge in [0.25, 0.3) is 6.43 Å². The minimum atomic E-state index is -2.91. The minimum absolute atomic E-state index is 0.0884. The summed E-state index contributed by atoms with van der Waals surface area (Å²) in [4.78, 5) is 26.5.